The highest BCUT2D eigenvalue weighted by atomic mass is 16.2. The average Bonchev–Trinajstić information content (AvgIpc) is 2.70. The second-order valence-corrected chi connectivity index (χ2v) is 6.82. The van der Waals surface area contributed by atoms with E-state index in [0.29, 0.717) is 13.1 Å². The number of carbonyl (C=O) groups is 1. The molecule has 0 aliphatic heterocycles. The monoisotopic (exact) mass is 363 g/mol. The lowest BCUT2D eigenvalue weighted by molar-refractivity contribution is -0.125. The van der Waals surface area contributed by atoms with Crippen LogP contribution in [0.2, 0.25) is 0 Å². The highest BCUT2D eigenvalue weighted by Crippen LogP contribution is 2.26. The molecule has 4 heteroatoms. The van der Waals surface area contributed by atoms with Crippen LogP contribution in [0.5, 0.6) is 0 Å². The predicted molar refractivity (Wildman–Crippen MR) is 110 cm³/mol. The maximum Gasteiger partial charge on any atom is 0.266 e. The van der Waals surface area contributed by atoms with Crippen molar-refractivity contribution in [3.8, 4) is 6.07 Å². The molecule has 1 amide bonds. The quantitative estimate of drug-likeness (QED) is 0.406. The number of aryl methyl sites for hydroxylation is 2. The van der Waals surface area contributed by atoms with E-state index in [0.717, 1.165) is 19.3 Å². The fraction of sp³-hybridized carbons (Fsp3) is 0.391. The molecule has 1 unspecified atom stereocenters. The van der Waals surface area contributed by atoms with E-state index in [1.807, 2.05) is 6.07 Å². The molecular formula is C23H29N3O. The molecule has 0 spiro atoms. The summed E-state index contributed by atoms with van der Waals surface area (Å²) >= 11 is 0. The molecule has 0 radical (unpaired) electrons. The van der Waals surface area contributed by atoms with E-state index in [4.69, 9.17) is 0 Å². The van der Waals surface area contributed by atoms with Gasteiger partial charge < -0.3 is 10.2 Å². The molecule has 0 bridgehead atoms. The first-order valence-corrected chi connectivity index (χ1v) is 9.63. The van der Waals surface area contributed by atoms with Crippen LogP contribution in [0, 0.1) is 11.3 Å². The number of carbonyl (C=O) groups excluding carboxylic acids is 1. The molecule has 0 saturated carbocycles. The Morgan fingerprint density at radius 3 is 2.52 bits per heavy atom. The molecule has 142 valence electrons. The van der Waals surface area contributed by atoms with Crippen molar-refractivity contribution in [2.45, 2.75) is 45.1 Å². The first-order valence-electron chi connectivity index (χ1n) is 9.63. The van der Waals surface area contributed by atoms with Crippen molar-refractivity contribution in [1.29, 1.82) is 5.26 Å². The Bertz CT molecular complexity index is 747. The van der Waals surface area contributed by atoms with Gasteiger partial charge in [0, 0.05) is 19.3 Å². The van der Waals surface area contributed by atoms with Gasteiger partial charge in [-0.25, -0.2) is 0 Å². The van der Waals surface area contributed by atoms with Gasteiger partial charge in [-0.2, -0.15) is 5.26 Å². The Balaban J connectivity index is 2.16. The molecule has 1 aliphatic rings. The van der Waals surface area contributed by atoms with E-state index in [1.165, 1.54) is 34.4 Å². The Hall–Kier alpha value is -2.80. The van der Waals surface area contributed by atoms with Crippen LogP contribution < -0.4 is 5.32 Å². The van der Waals surface area contributed by atoms with Crippen LogP contribution in [0.25, 0.3) is 0 Å². The average molecular weight is 364 g/mol. The predicted octanol–water partition coefficient (Wildman–Crippen LogP) is 4.21. The molecule has 0 heterocycles. The van der Waals surface area contributed by atoms with Gasteiger partial charge in [0.1, 0.15) is 11.6 Å². The molecule has 0 aromatic heterocycles. The van der Waals surface area contributed by atoms with Gasteiger partial charge >= 0.3 is 0 Å². The normalized spacial score (nSPS) is 14.4. The first-order chi connectivity index (χ1) is 13.1. The molecule has 1 aromatic rings. The molecular weight excluding hydrogens is 334 g/mol. The third-order valence-electron chi connectivity index (χ3n) is 4.95. The lowest BCUT2D eigenvalue weighted by atomic mass is 9.89. The fourth-order valence-corrected chi connectivity index (χ4v) is 3.47. The van der Waals surface area contributed by atoms with Gasteiger partial charge in [-0.3, -0.25) is 4.79 Å². The van der Waals surface area contributed by atoms with Crippen molar-refractivity contribution in [2.75, 3.05) is 13.1 Å². The van der Waals surface area contributed by atoms with Crippen molar-refractivity contribution in [3.05, 3.63) is 72.0 Å². The van der Waals surface area contributed by atoms with E-state index in [2.05, 4.69) is 43.6 Å². The Morgan fingerprint density at radius 1 is 1.26 bits per heavy atom. The maximum atomic E-state index is 12.6. The highest BCUT2D eigenvalue weighted by molar-refractivity contribution is 5.97. The number of nitrogens with zero attached hydrogens (tertiary/aromatic N) is 2. The lowest BCUT2D eigenvalue weighted by Gasteiger charge is -2.22. The number of rotatable bonds is 9. The Kier molecular flexibility index (Phi) is 7.88. The first kappa shape index (κ1) is 20.5. The van der Waals surface area contributed by atoms with Crippen molar-refractivity contribution in [2.24, 2.45) is 0 Å². The number of amides is 1. The number of hydrogen-bond acceptors (Lipinski definition) is 3. The van der Waals surface area contributed by atoms with Crippen molar-refractivity contribution in [1.82, 2.24) is 10.2 Å². The molecule has 1 N–H and O–H groups in total. The molecule has 4 nitrogen and oxygen atoms in total. The van der Waals surface area contributed by atoms with Crippen LogP contribution >= 0.6 is 0 Å². The molecule has 0 fully saturated rings. The van der Waals surface area contributed by atoms with Crippen molar-refractivity contribution in [3.63, 3.8) is 0 Å². The summed E-state index contributed by atoms with van der Waals surface area (Å²) in [6.45, 7) is 10.2. The summed E-state index contributed by atoms with van der Waals surface area (Å²) in [4.78, 5) is 14.1. The van der Waals surface area contributed by atoms with Gasteiger partial charge in [0.15, 0.2) is 0 Å². The van der Waals surface area contributed by atoms with Gasteiger partial charge in [0.2, 0.25) is 0 Å². The van der Waals surface area contributed by atoms with E-state index < -0.39 is 0 Å². The van der Waals surface area contributed by atoms with Gasteiger partial charge in [0.05, 0.1) is 6.04 Å². The van der Waals surface area contributed by atoms with Crippen LogP contribution in [0.4, 0.5) is 0 Å². The number of nitrogens with one attached hydrogen (secondary N) is 1. The second-order valence-electron chi connectivity index (χ2n) is 6.82. The summed E-state index contributed by atoms with van der Waals surface area (Å²) in [5.74, 6) is -0.315. The van der Waals surface area contributed by atoms with Crippen LogP contribution in [0.15, 0.2) is 55.3 Å². The van der Waals surface area contributed by atoms with Crippen LogP contribution in [0.1, 0.15) is 48.9 Å². The summed E-state index contributed by atoms with van der Waals surface area (Å²) in [6, 6.07) is 8.75. The minimum Gasteiger partial charge on any atom is -0.383 e. The van der Waals surface area contributed by atoms with Crippen LogP contribution in [-0.2, 0) is 17.6 Å². The maximum absolute atomic E-state index is 12.6. The van der Waals surface area contributed by atoms with E-state index in [1.54, 1.807) is 18.4 Å². The molecule has 1 aliphatic carbocycles. The zero-order valence-electron chi connectivity index (χ0n) is 16.2. The lowest BCUT2D eigenvalue weighted by Crippen LogP contribution is -2.33. The van der Waals surface area contributed by atoms with Crippen LogP contribution in [0.3, 0.4) is 0 Å². The molecule has 1 atom stereocenters. The van der Waals surface area contributed by atoms with Gasteiger partial charge in [0.25, 0.3) is 5.91 Å². The minimum absolute atomic E-state index is 0.0700. The van der Waals surface area contributed by atoms with Gasteiger partial charge in [-0.1, -0.05) is 37.3 Å². The standard InChI is InChI=1S/C23H29N3O/c1-4-13-26(14-5-2)23(27)21(16-24)17-25-22(6-3)20-12-11-18-9-7-8-10-19(18)15-20/h4-5,11-12,15,17,22,25H,1-2,6-10,13-14H2,3H3/b21-17-. The Labute approximate surface area is 162 Å². The van der Waals surface area contributed by atoms with E-state index in [9.17, 15) is 10.1 Å². The minimum atomic E-state index is -0.315. The number of hydrogen-bond donors (Lipinski definition) is 1. The molecule has 0 saturated heterocycles. The van der Waals surface area contributed by atoms with Crippen molar-refractivity contribution < 1.29 is 4.79 Å². The zero-order chi connectivity index (χ0) is 19.6. The fourth-order valence-electron chi connectivity index (χ4n) is 3.47. The molecule has 2 rings (SSSR count). The van der Waals surface area contributed by atoms with Crippen LogP contribution in [-0.4, -0.2) is 23.9 Å². The van der Waals surface area contributed by atoms with Crippen molar-refractivity contribution >= 4 is 5.91 Å². The van der Waals surface area contributed by atoms with E-state index in [-0.39, 0.29) is 17.5 Å². The van der Waals surface area contributed by atoms with Gasteiger partial charge in [-0.15, -0.1) is 13.2 Å². The summed E-state index contributed by atoms with van der Waals surface area (Å²) in [5, 5.41) is 12.7. The van der Waals surface area contributed by atoms with E-state index >= 15 is 0 Å². The summed E-state index contributed by atoms with van der Waals surface area (Å²) in [5.41, 5.74) is 4.18. The number of fused-ring (bicyclic) bond motifs is 1. The third kappa shape index (κ3) is 5.34. The summed E-state index contributed by atoms with van der Waals surface area (Å²) in [6.07, 6.45) is 10.5. The zero-order valence-corrected chi connectivity index (χ0v) is 16.2. The highest BCUT2D eigenvalue weighted by Gasteiger charge is 2.18. The largest absolute Gasteiger partial charge is 0.383 e. The number of nitriles is 1. The molecule has 27 heavy (non-hydrogen) atoms. The van der Waals surface area contributed by atoms with Gasteiger partial charge in [-0.05, 0) is 48.8 Å². The smallest absolute Gasteiger partial charge is 0.266 e. The summed E-state index contributed by atoms with van der Waals surface area (Å²) < 4.78 is 0. The SMILES string of the molecule is C=CCN(CC=C)C(=O)/C(C#N)=C\NC(CC)c1ccc2c(c1)CCCC2. The second kappa shape index (κ2) is 10.4. The topological polar surface area (TPSA) is 56.1 Å². The third-order valence-corrected chi connectivity index (χ3v) is 4.95. The summed E-state index contributed by atoms with van der Waals surface area (Å²) in [7, 11) is 0. The number of benzene rings is 1. The molecule has 1 aromatic carbocycles. The Morgan fingerprint density at radius 2 is 1.93 bits per heavy atom.